The number of aliphatic hydroxyl groups excluding tert-OH is 1. The van der Waals surface area contributed by atoms with E-state index < -0.39 is 0 Å². The average Bonchev–Trinajstić information content (AvgIpc) is 3.49. The molecule has 2 atom stereocenters. The van der Waals surface area contributed by atoms with Crippen LogP contribution in [0.4, 0.5) is 11.8 Å². The van der Waals surface area contributed by atoms with Crippen molar-refractivity contribution in [1.29, 1.82) is 0 Å². The van der Waals surface area contributed by atoms with E-state index in [1.54, 1.807) is 7.11 Å². The van der Waals surface area contributed by atoms with Crippen LogP contribution in [0.15, 0.2) is 42.5 Å². The van der Waals surface area contributed by atoms with Crippen molar-refractivity contribution in [2.24, 2.45) is 0 Å². The van der Waals surface area contributed by atoms with E-state index in [0.717, 1.165) is 65.7 Å². The molecule has 0 saturated carbocycles. The second-order valence-corrected chi connectivity index (χ2v) is 10.6. The fraction of sp³-hybridized carbons (Fsp3) is 0.467. The van der Waals surface area contributed by atoms with Crippen LogP contribution in [-0.2, 0) is 13.1 Å². The number of hydrogen-bond acceptors (Lipinski definition) is 8. The number of para-hydroxylation sites is 1. The maximum Gasteiger partial charge on any atom is 0.222 e. The average molecular weight is 532 g/mol. The van der Waals surface area contributed by atoms with Crippen LogP contribution in [-0.4, -0.2) is 70.5 Å². The van der Waals surface area contributed by atoms with Crippen LogP contribution in [0.1, 0.15) is 43.7 Å². The topological polar surface area (TPSA) is 113 Å². The van der Waals surface area contributed by atoms with E-state index in [4.69, 9.17) is 10.5 Å². The lowest BCUT2D eigenvalue weighted by atomic mass is 10.1. The molecule has 9 heteroatoms. The SMILES string of the molecule is CCC[C@@H](CCO)Nc1nc(N)nc2c3ccccc3n(Cc3cc(CN[C@@H]4CCN(C)C4)ccc3OC)c12. The Morgan fingerprint density at radius 3 is 2.77 bits per heavy atom. The molecular weight excluding hydrogens is 490 g/mol. The Bertz CT molecular complexity index is 1410. The molecule has 0 aliphatic carbocycles. The third-order valence-electron chi connectivity index (χ3n) is 7.74. The molecule has 0 spiro atoms. The predicted octanol–water partition coefficient (Wildman–Crippen LogP) is 3.98. The summed E-state index contributed by atoms with van der Waals surface area (Å²) >= 11 is 0. The number of rotatable bonds is 12. The molecule has 1 aliphatic rings. The molecule has 1 saturated heterocycles. The molecule has 1 fully saturated rings. The molecule has 208 valence electrons. The van der Waals surface area contributed by atoms with Gasteiger partial charge >= 0.3 is 0 Å². The van der Waals surface area contributed by atoms with Gasteiger partial charge in [-0.1, -0.05) is 37.6 Å². The highest BCUT2D eigenvalue weighted by Gasteiger charge is 2.22. The fourth-order valence-electron chi connectivity index (χ4n) is 5.80. The fourth-order valence-corrected chi connectivity index (χ4v) is 5.80. The summed E-state index contributed by atoms with van der Waals surface area (Å²) in [5.41, 5.74) is 11.3. The number of fused-ring (bicyclic) bond motifs is 3. The lowest BCUT2D eigenvalue weighted by molar-refractivity contribution is 0.276. The Labute approximate surface area is 230 Å². The van der Waals surface area contributed by atoms with Gasteiger partial charge in [-0.2, -0.15) is 4.98 Å². The van der Waals surface area contributed by atoms with E-state index in [-0.39, 0.29) is 18.6 Å². The molecule has 0 unspecified atom stereocenters. The minimum atomic E-state index is 0.0857. The quantitative estimate of drug-likeness (QED) is 0.217. The number of likely N-dealkylation sites (N-methyl/N-ethyl adjacent to an activating group) is 1. The van der Waals surface area contributed by atoms with Gasteiger partial charge in [-0.05, 0) is 56.6 Å². The first kappa shape index (κ1) is 27.2. The molecule has 39 heavy (non-hydrogen) atoms. The van der Waals surface area contributed by atoms with Gasteiger partial charge < -0.3 is 35.7 Å². The number of nitrogens with one attached hydrogen (secondary N) is 2. The molecule has 0 amide bonds. The number of anilines is 2. The second-order valence-electron chi connectivity index (χ2n) is 10.6. The van der Waals surface area contributed by atoms with Crippen LogP contribution in [0.5, 0.6) is 5.75 Å². The Hall–Kier alpha value is -3.40. The van der Waals surface area contributed by atoms with Crippen LogP contribution < -0.4 is 21.1 Å². The minimum absolute atomic E-state index is 0.0857. The number of benzene rings is 2. The van der Waals surface area contributed by atoms with Gasteiger partial charge in [0.2, 0.25) is 5.95 Å². The molecule has 0 bridgehead atoms. The van der Waals surface area contributed by atoms with E-state index >= 15 is 0 Å². The summed E-state index contributed by atoms with van der Waals surface area (Å²) in [7, 11) is 3.89. The van der Waals surface area contributed by atoms with Crippen molar-refractivity contribution in [2.75, 3.05) is 44.9 Å². The standard InChI is InChI=1S/C30H41N7O2/c1-4-7-22(13-15-38)33-29-28-27(34-30(31)35-29)24-8-5-6-9-25(24)37(28)18-21-16-20(10-11-26(21)39-3)17-32-23-12-14-36(2)19-23/h5-6,8-11,16,22-23,32,38H,4,7,12-15,17-19H2,1-3H3,(H3,31,33,34,35)/t22-,23+/m0/s1. The predicted molar refractivity (Wildman–Crippen MR) is 158 cm³/mol. The van der Waals surface area contributed by atoms with Crippen molar-refractivity contribution in [1.82, 2.24) is 24.8 Å². The smallest absolute Gasteiger partial charge is 0.222 e. The number of likely N-dealkylation sites (tertiary alicyclic amines) is 1. The summed E-state index contributed by atoms with van der Waals surface area (Å²) in [4.78, 5) is 11.7. The molecule has 2 aromatic heterocycles. The maximum atomic E-state index is 9.66. The molecule has 4 aromatic rings. The summed E-state index contributed by atoms with van der Waals surface area (Å²) in [6, 6.07) is 15.3. The Kier molecular flexibility index (Phi) is 8.50. The molecular formula is C30H41N7O2. The number of aliphatic hydroxyl groups is 1. The van der Waals surface area contributed by atoms with Crippen molar-refractivity contribution >= 4 is 33.7 Å². The Balaban J connectivity index is 1.55. The number of ether oxygens (including phenoxy) is 1. The summed E-state index contributed by atoms with van der Waals surface area (Å²) in [5, 5.41) is 18.0. The first-order valence-corrected chi connectivity index (χ1v) is 14.0. The van der Waals surface area contributed by atoms with Gasteiger partial charge in [0, 0.05) is 42.7 Å². The number of hydrogen-bond donors (Lipinski definition) is 4. The monoisotopic (exact) mass is 531 g/mol. The van der Waals surface area contributed by atoms with Gasteiger partial charge in [0.25, 0.3) is 0 Å². The third-order valence-corrected chi connectivity index (χ3v) is 7.74. The number of nitrogens with two attached hydrogens (primary N) is 1. The molecule has 2 aromatic carbocycles. The number of methoxy groups -OCH3 is 1. The van der Waals surface area contributed by atoms with E-state index in [0.29, 0.717) is 24.8 Å². The molecule has 0 radical (unpaired) electrons. The zero-order valence-electron chi connectivity index (χ0n) is 23.3. The molecule has 5 rings (SSSR count). The van der Waals surface area contributed by atoms with Crippen molar-refractivity contribution in [2.45, 2.75) is 57.8 Å². The zero-order valence-corrected chi connectivity index (χ0v) is 23.3. The van der Waals surface area contributed by atoms with Crippen molar-refractivity contribution < 1.29 is 9.84 Å². The lowest BCUT2D eigenvalue weighted by Gasteiger charge is -2.20. The Morgan fingerprint density at radius 2 is 2.03 bits per heavy atom. The van der Waals surface area contributed by atoms with Crippen LogP contribution in [0.2, 0.25) is 0 Å². The number of nitrogens with zero attached hydrogens (tertiary/aromatic N) is 4. The summed E-state index contributed by atoms with van der Waals surface area (Å²) < 4.78 is 8.07. The lowest BCUT2D eigenvalue weighted by Crippen LogP contribution is -2.30. The second kappa shape index (κ2) is 12.2. The molecule has 5 N–H and O–H groups in total. The van der Waals surface area contributed by atoms with Gasteiger partial charge in [-0.25, -0.2) is 4.98 Å². The normalized spacial score (nSPS) is 16.8. The first-order valence-electron chi connectivity index (χ1n) is 14.0. The summed E-state index contributed by atoms with van der Waals surface area (Å²) in [5.74, 6) is 1.78. The maximum absolute atomic E-state index is 9.66. The molecule has 3 heterocycles. The van der Waals surface area contributed by atoms with Crippen LogP contribution in [0.3, 0.4) is 0 Å². The van der Waals surface area contributed by atoms with E-state index in [2.05, 4.69) is 74.4 Å². The summed E-state index contributed by atoms with van der Waals surface area (Å²) in [6.07, 6.45) is 3.74. The van der Waals surface area contributed by atoms with Gasteiger partial charge in [-0.15, -0.1) is 0 Å². The minimum Gasteiger partial charge on any atom is -0.496 e. The molecule has 1 aliphatic heterocycles. The Morgan fingerprint density at radius 1 is 1.18 bits per heavy atom. The highest BCUT2D eigenvalue weighted by atomic mass is 16.5. The van der Waals surface area contributed by atoms with E-state index in [1.165, 1.54) is 12.0 Å². The highest BCUT2D eigenvalue weighted by Crippen LogP contribution is 2.34. The number of nitrogen functional groups attached to an aromatic ring is 1. The van der Waals surface area contributed by atoms with Crippen molar-refractivity contribution in [3.63, 3.8) is 0 Å². The van der Waals surface area contributed by atoms with Crippen molar-refractivity contribution in [3.05, 3.63) is 53.6 Å². The van der Waals surface area contributed by atoms with Gasteiger partial charge in [0.05, 0.1) is 19.2 Å². The van der Waals surface area contributed by atoms with Gasteiger partial charge in [0.1, 0.15) is 16.8 Å². The van der Waals surface area contributed by atoms with Crippen molar-refractivity contribution in [3.8, 4) is 5.75 Å². The zero-order chi connectivity index (χ0) is 27.4. The van der Waals surface area contributed by atoms with Crippen LogP contribution in [0, 0.1) is 0 Å². The first-order chi connectivity index (χ1) is 19.0. The van der Waals surface area contributed by atoms with E-state index in [1.807, 2.05) is 12.1 Å². The van der Waals surface area contributed by atoms with Gasteiger partial charge in [0.15, 0.2) is 5.82 Å². The highest BCUT2D eigenvalue weighted by molar-refractivity contribution is 6.09. The third kappa shape index (κ3) is 5.95. The summed E-state index contributed by atoms with van der Waals surface area (Å²) in [6.45, 7) is 5.88. The van der Waals surface area contributed by atoms with Gasteiger partial charge in [-0.3, -0.25) is 0 Å². The van der Waals surface area contributed by atoms with Crippen LogP contribution >= 0.6 is 0 Å². The molecule has 9 nitrogen and oxygen atoms in total. The number of aromatic nitrogens is 3. The van der Waals surface area contributed by atoms with Crippen LogP contribution in [0.25, 0.3) is 21.9 Å². The van der Waals surface area contributed by atoms with E-state index in [9.17, 15) is 5.11 Å². The largest absolute Gasteiger partial charge is 0.496 e.